The second kappa shape index (κ2) is 3.92. The molecule has 0 aliphatic carbocycles. The summed E-state index contributed by atoms with van der Waals surface area (Å²) in [7, 11) is 1.64. The van der Waals surface area contributed by atoms with E-state index in [1.54, 1.807) is 7.11 Å². The van der Waals surface area contributed by atoms with Gasteiger partial charge < -0.3 is 9.84 Å². The van der Waals surface area contributed by atoms with Crippen LogP contribution >= 0.6 is 0 Å². The predicted molar refractivity (Wildman–Crippen MR) is 49.7 cm³/mol. The molecule has 3 fully saturated rings. The Kier molecular flexibility index (Phi) is 2.83. The second-order valence-corrected chi connectivity index (χ2v) is 3.93. The number of aliphatic hydroxyl groups is 1. The van der Waals surface area contributed by atoms with Crippen molar-refractivity contribution in [3.05, 3.63) is 0 Å². The molecule has 2 atom stereocenters. The molecule has 0 aromatic rings. The number of methoxy groups -OCH3 is 1. The lowest BCUT2D eigenvalue weighted by Gasteiger charge is -2.48. The molecule has 1 N–H and O–H groups in total. The molecule has 0 radical (unpaired) electrons. The van der Waals surface area contributed by atoms with Gasteiger partial charge in [0.25, 0.3) is 0 Å². The van der Waals surface area contributed by atoms with E-state index in [-0.39, 0.29) is 6.10 Å². The van der Waals surface area contributed by atoms with Gasteiger partial charge in [0.1, 0.15) is 0 Å². The number of piperazine rings is 3. The van der Waals surface area contributed by atoms with Crippen LogP contribution in [0.1, 0.15) is 0 Å². The Morgan fingerprint density at radius 3 is 2.54 bits per heavy atom. The van der Waals surface area contributed by atoms with Crippen molar-refractivity contribution in [2.45, 2.75) is 12.1 Å². The summed E-state index contributed by atoms with van der Waals surface area (Å²) in [6.07, 6.45) is -0.326. The molecule has 3 aliphatic rings. The van der Waals surface area contributed by atoms with Crippen LogP contribution in [0.5, 0.6) is 0 Å². The van der Waals surface area contributed by atoms with Crippen LogP contribution in [0.4, 0.5) is 0 Å². The number of aliphatic hydroxyl groups excluding tert-OH is 1. The van der Waals surface area contributed by atoms with Crippen molar-refractivity contribution in [1.29, 1.82) is 0 Å². The van der Waals surface area contributed by atoms with Gasteiger partial charge in [-0.05, 0) is 0 Å². The van der Waals surface area contributed by atoms with Crippen molar-refractivity contribution in [2.75, 3.05) is 46.4 Å². The van der Waals surface area contributed by atoms with Crippen LogP contribution in [0.15, 0.2) is 0 Å². The van der Waals surface area contributed by atoms with Crippen LogP contribution in [0.2, 0.25) is 0 Å². The largest absolute Gasteiger partial charge is 0.389 e. The zero-order valence-electron chi connectivity index (χ0n) is 8.15. The van der Waals surface area contributed by atoms with E-state index in [2.05, 4.69) is 9.80 Å². The fourth-order valence-corrected chi connectivity index (χ4v) is 2.30. The summed E-state index contributed by atoms with van der Waals surface area (Å²) in [5, 5.41) is 9.80. The zero-order valence-corrected chi connectivity index (χ0v) is 8.15. The Hall–Kier alpha value is -0.160. The maximum absolute atomic E-state index is 9.80. The van der Waals surface area contributed by atoms with Gasteiger partial charge in [-0.25, -0.2) is 0 Å². The van der Waals surface area contributed by atoms with Crippen LogP contribution in [0.25, 0.3) is 0 Å². The van der Waals surface area contributed by atoms with Gasteiger partial charge in [0.05, 0.1) is 18.8 Å². The highest BCUT2D eigenvalue weighted by Gasteiger charge is 2.35. The smallest absolute Gasteiger partial charge is 0.0940 e. The third-order valence-electron chi connectivity index (χ3n) is 3.10. The minimum absolute atomic E-state index is 0.294. The summed E-state index contributed by atoms with van der Waals surface area (Å²) in [6.45, 7) is 5.99. The number of fused-ring (bicyclic) bond motifs is 3. The molecule has 4 nitrogen and oxygen atoms in total. The van der Waals surface area contributed by atoms with Crippen LogP contribution in [0, 0.1) is 0 Å². The summed E-state index contributed by atoms with van der Waals surface area (Å²) in [6, 6.07) is 0.294. The first-order valence-corrected chi connectivity index (χ1v) is 4.94. The van der Waals surface area contributed by atoms with Gasteiger partial charge >= 0.3 is 0 Å². The first-order valence-electron chi connectivity index (χ1n) is 4.94. The summed E-state index contributed by atoms with van der Waals surface area (Å²) >= 11 is 0. The topological polar surface area (TPSA) is 35.9 Å². The molecular formula is C9H18N2O2. The van der Waals surface area contributed by atoms with Crippen molar-refractivity contribution in [2.24, 2.45) is 0 Å². The Morgan fingerprint density at radius 1 is 1.38 bits per heavy atom. The van der Waals surface area contributed by atoms with E-state index in [1.807, 2.05) is 0 Å². The molecule has 3 heterocycles. The van der Waals surface area contributed by atoms with Gasteiger partial charge in [0.15, 0.2) is 0 Å². The summed E-state index contributed by atoms with van der Waals surface area (Å²) in [5.41, 5.74) is 0. The average molecular weight is 186 g/mol. The average Bonchev–Trinajstić information content (AvgIpc) is 2.20. The number of hydrogen-bond donors (Lipinski definition) is 1. The van der Waals surface area contributed by atoms with Crippen LogP contribution < -0.4 is 0 Å². The highest BCUT2D eigenvalue weighted by atomic mass is 16.5. The lowest BCUT2D eigenvalue weighted by atomic mass is 10.0. The summed E-state index contributed by atoms with van der Waals surface area (Å²) in [4.78, 5) is 4.80. The fraction of sp³-hybridized carbons (Fsp3) is 1.00. The molecule has 3 saturated heterocycles. The lowest BCUT2D eigenvalue weighted by Crippen LogP contribution is -2.64. The monoisotopic (exact) mass is 186 g/mol. The second-order valence-electron chi connectivity index (χ2n) is 3.93. The Morgan fingerprint density at radius 2 is 2.08 bits per heavy atom. The third kappa shape index (κ3) is 1.86. The van der Waals surface area contributed by atoms with E-state index in [0.29, 0.717) is 12.6 Å². The first-order chi connectivity index (χ1) is 6.31. The SMILES string of the molecule is COCC(O)C1CN2CCN1CC2. The standard InChI is InChI=1S/C9H18N2O2/c1-13-7-9(12)8-6-10-2-4-11(8)5-3-10/h8-9,12H,2-7H2,1H3. The predicted octanol–water partition coefficient (Wildman–Crippen LogP) is -1.01. The normalized spacial score (nSPS) is 40.6. The van der Waals surface area contributed by atoms with Crippen LogP contribution in [-0.4, -0.2) is 73.5 Å². The molecule has 0 saturated carbocycles. The summed E-state index contributed by atoms with van der Waals surface area (Å²) in [5.74, 6) is 0. The van der Waals surface area contributed by atoms with E-state index in [4.69, 9.17) is 4.74 Å². The molecule has 0 aromatic carbocycles. The van der Waals surface area contributed by atoms with Crippen LogP contribution in [-0.2, 0) is 4.74 Å². The molecule has 0 spiro atoms. The molecule has 3 aliphatic heterocycles. The van der Waals surface area contributed by atoms with E-state index in [1.165, 1.54) is 0 Å². The van der Waals surface area contributed by atoms with E-state index in [0.717, 1.165) is 32.7 Å². The van der Waals surface area contributed by atoms with Gasteiger partial charge in [-0.15, -0.1) is 0 Å². The molecular weight excluding hydrogens is 168 g/mol. The summed E-state index contributed by atoms with van der Waals surface area (Å²) < 4.78 is 4.97. The van der Waals surface area contributed by atoms with E-state index in [9.17, 15) is 5.11 Å². The molecule has 13 heavy (non-hydrogen) atoms. The number of ether oxygens (including phenoxy) is 1. The molecule has 2 unspecified atom stereocenters. The zero-order chi connectivity index (χ0) is 9.26. The maximum atomic E-state index is 9.80. The van der Waals surface area contributed by atoms with E-state index >= 15 is 0 Å². The maximum Gasteiger partial charge on any atom is 0.0940 e. The molecule has 0 amide bonds. The van der Waals surface area contributed by atoms with Gasteiger partial charge in [0.2, 0.25) is 0 Å². The molecule has 4 heteroatoms. The Labute approximate surface area is 79.1 Å². The van der Waals surface area contributed by atoms with Gasteiger partial charge in [-0.3, -0.25) is 9.80 Å². The highest BCUT2D eigenvalue weighted by Crippen LogP contribution is 2.18. The third-order valence-corrected chi connectivity index (χ3v) is 3.10. The first kappa shape index (κ1) is 9.40. The highest BCUT2D eigenvalue weighted by molar-refractivity contribution is 4.91. The van der Waals surface area contributed by atoms with Gasteiger partial charge in [-0.2, -0.15) is 0 Å². The fourth-order valence-electron chi connectivity index (χ4n) is 2.30. The van der Waals surface area contributed by atoms with Gasteiger partial charge in [0, 0.05) is 39.8 Å². The lowest BCUT2D eigenvalue weighted by molar-refractivity contribution is -0.0668. The van der Waals surface area contributed by atoms with Crippen molar-refractivity contribution in [3.8, 4) is 0 Å². The van der Waals surface area contributed by atoms with Crippen molar-refractivity contribution in [1.82, 2.24) is 9.80 Å². The Balaban J connectivity index is 1.92. The Bertz CT molecular complexity index is 169. The minimum Gasteiger partial charge on any atom is -0.389 e. The van der Waals surface area contributed by atoms with Crippen molar-refractivity contribution >= 4 is 0 Å². The van der Waals surface area contributed by atoms with Crippen LogP contribution in [0.3, 0.4) is 0 Å². The molecule has 76 valence electrons. The number of rotatable bonds is 3. The van der Waals surface area contributed by atoms with Gasteiger partial charge in [-0.1, -0.05) is 0 Å². The quantitative estimate of drug-likeness (QED) is 0.613. The number of hydrogen-bond acceptors (Lipinski definition) is 4. The number of nitrogens with zero attached hydrogens (tertiary/aromatic N) is 2. The van der Waals surface area contributed by atoms with E-state index < -0.39 is 0 Å². The molecule has 0 aromatic heterocycles. The molecule has 2 bridgehead atoms. The minimum atomic E-state index is -0.326. The van der Waals surface area contributed by atoms with Crippen molar-refractivity contribution < 1.29 is 9.84 Å². The van der Waals surface area contributed by atoms with Crippen molar-refractivity contribution in [3.63, 3.8) is 0 Å². The molecule has 3 rings (SSSR count).